The van der Waals surface area contributed by atoms with Gasteiger partial charge in [0, 0.05) is 11.3 Å². The second-order valence-electron chi connectivity index (χ2n) is 5.61. The van der Waals surface area contributed by atoms with Crippen molar-refractivity contribution in [1.29, 1.82) is 0 Å². The van der Waals surface area contributed by atoms with Crippen molar-refractivity contribution < 1.29 is 18.3 Å². The highest BCUT2D eigenvalue weighted by atomic mass is 35.5. The lowest BCUT2D eigenvalue weighted by Gasteiger charge is -2.10. The van der Waals surface area contributed by atoms with E-state index in [4.69, 9.17) is 23.2 Å². The smallest absolute Gasteiger partial charge is 0.387 e. The van der Waals surface area contributed by atoms with Crippen LogP contribution in [0.15, 0.2) is 42.5 Å². The van der Waals surface area contributed by atoms with E-state index in [1.807, 2.05) is 0 Å². The zero-order chi connectivity index (χ0) is 19.6. The Hall–Kier alpha value is -2.64. The summed E-state index contributed by atoms with van der Waals surface area (Å²) in [5.74, 6) is -0.414. The molecule has 9 heteroatoms. The van der Waals surface area contributed by atoms with Gasteiger partial charge in [0.1, 0.15) is 11.4 Å². The summed E-state index contributed by atoms with van der Waals surface area (Å²) in [6, 6.07) is 10.8. The second-order valence-corrected chi connectivity index (χ2v) is 6.42. The number of anilines is 1. The molecule has 0 unspecified atom stereocenters. The van der Waals surface area contributed by atoms with Crippen molar-refractivity contribution in [1.82, 2.24) is 10.2 Å². The van der Waals surface area contributed by atoms with Gasteiger partial charge in [-0.2, -0.15) is 13.9 Å². The lowest BCUT2D eigenvalue weighted by molar-refractivity contribution is -0.0498. The molecule has 0 fully saturated rings. The fourth-order valence-electron chi connectivity index (χ4n) is 2.38. The molecule has 0 aliphatic carbocycles. The second kappa shape index (κ2) is 7.94. The van der Waals surface area contributed by atoms with Crippen molar-refractivity contribution in [3.05, 3.63) is 63.8 Å². The number of nitrogens with one attached hydrogen (secondary N) is 2. The summed E-state index contributed by atoms with van der Waals surface area (Å²) in [7, 11) is 0. The van der Waals surface area contributed by atoms with Crippen molar-refractivity contribution in [3.63, 3.8) is 0 Å². The number of carbonyl (C=O) groups excluding carboxylic acids is 1. The van der Waals surface area contributed by atoms with Crippen LogP contribution in [-0.2, 0) is 0 Å². The Bertz CT molecular complexity index is 992. The standard InChI is InChI=1S/C18H13Cl2F2N3O2/c1-9-6-11(27-18(21)22)3-5-14(9)23-17(26)16-8-15(24-25-16)10-2-4-12(19)13(20)7-10/h2-8,18H,1H3,(H,23,26)(H,24,25). The number of carbonyl (C=O) groups is 1. The molecule has 2 N–H and O–H groups in total. The first-order valence-corrected chi connectivity index (χ1v) is 8.46. The van der Waals surface area contributed by atoms with Crippen LogP contribution >= 0.6 is 23.2 Å². The summed E-state index contributed by atoms with van der Waals surface area (Å²) < 4.78 is 28.8. The Morgan fingerprint density at radius 1 is 1.15 bits per heavy atom. The molecular formula is C18H13Cl2F2N3O2. The van der Waals surface area contributed by atoms with Gasteiger partial charge in [-0.25, -0.2) is 0 Å². The van der Waals surface area contributed by atoms with Gasteiger partial charge in [-0.15, -0.1) is 0 Å². The van der Waals surface area contributed by atoms with Crippen LogP contribution in [0.25, 0.3) is 11.3 Å². The van der Waals surface area contributed by atoms with E-state index in [1.54, 1.807) is 31.2 Å². The predicted molar refractivity (Wildman–Crippen MR) is 99.8 cm³/mol. The minimum absolute atomic E-state index is 0.0175. The number of hydrogen-bond acceptors (Lipinski definition) is 3. The van der Waals surface area contributed by atoms with E-state index in [0.29, 0.717) is 32.6 Å². The minimum Gasteiger partial charge on any atom is -0.435 e. The van der Waals surface area contributed by atoms with Crippen LogP contribution < -0.4 is 10.1 Å². The van der Waals surface area contributed by atoms with Crippen molar-refractivity contribution in [3.8, 4) is 17.0 Å². The van der Waals surface area contributed by atoms with Crippen LogP contribution in [-0.4, -0.2) is 22.7 Å². The summed E-state index contributed by atoms with van der Waals surface area (Å²) in [6.45, 7) is -1.24. The molecule has 1 aromatic heterocycles. The molecule has 3 rings (SSSR count). The third-order valence-electron chi connectivity index (χ3n) is 3.71. The summed E-state index contributed by atoms with van der Waals surface area (Å²) >= 11 is 11.9. The maximum absolute atomic E-state index is 12.4. The third kappa shape index (κ3) is 4.56. The highest BCUT2D eigenvalue weighted by Crippen LogP contribution is 2.28. The van der Waals surface area contributed by atoms with Crippen molar-refractivity contribution in [2.45, 2.75) is 13.5 Å². The topological polar surface area (TPSA) is 67.0 Å². The summed E-state index contributed by atoms with van der Waals surface area (Å²) in [5.41, 5.74) is 2.49. The number of hydrogen-bond donors (Lipinski definition) is 2. The van der Waals surface area contributed by atoms with Crippen LogP contribution in [0, 0.1) is 6.92 Å². The van der Waals surface area contributed by atoms with Crippen molar-refractivity contribution in [2.24, 2.45) is 0 Å². The molecule has 140 valence electrons. The Morgan fingerprint density at radius 3 is 2.59 bits per heavy atom. The van der Waals surface area contributed by atoms with E-state index in [1.165, 1.54) is 18.2 Å². The van der Waals surface area contributed by atoms with Gasteiger partial charge in [-0.3, -0.25) is 9.89 Å². The van der Waals surface area contributed by atoms with E-state index in [-0.39, 0.29) is 11.4 Å². The Morgan fingerprint density at radius 2 is 1.93 bits per heavy atom. The van der Waals surface area contributed by atoms with E-state index in [9.17, 15) is 13.6 Å². The zero-order valence-electron chi connectivity index (χ0n) is 13.9. The molecule has 0 radical (unpaired) electrons. The van der Waals surface area contributed by atoms with Gasteiger partial charge in [0.25, 0.3) is 5.91 Å². The Kier molecular flexibility index (Phi) is 5.62. The van der Waals surface area contributed by atoms with Crippen molar-refractivity contribution in [2.75, 3.05) is 5.32 Å². The van der Waals surface area contributed by atoms with E-state index >= 15 is 0 Å². The van der Waals surface area contributed by atoms with Gasteiger partial charge < -0.3 is 10.1 Å². The summed E-state index contributed by atoms with van der Waals surface area (Å²) in [4.78, 5) is 12.4. The van der Waals surface area contributed by atoms with E-state index in [2.05, 4.69) is 20.3 Å². The zero-order valence-corrected chi connectivity index (χ0v) is 15.4. The number of H-pyrrole nitrogens is 1. The van der Waals surface area contributed by atoms with Gasteiger partial charge in [-0.1, -0.05) is 29.3 Å². The normalized spacial score (nSPS) is 10.9. The molecule has 5 nitrogen and oxygen atoms in total. The lowest BCUT2D eigenvalue weighted by Crippen LogP contribution is -2.13. The summed E-state index contributed by atoms with van der Waals surface area (Å²) in [5, 5.41) is 10.2. The average molecular weight is 412 g/mol. The highest BCUT2D eigenvalue weighted by molar-refractivity contribution is 6.42. The monoisotopic (exact) mass is 411 g/mol. The molecule has 27 heavy (non-hydrogen) atoms. The number of aryl methyl sites for hydroxylation is 1. The minimum atomic E-state index is -2.91. The predicted octanol–water partition coefficient (Wildman–Crippen LogP) is 5.55. The average Bonchev–Trinajstić information content (AvgIpc) is 3.09. The molecule has 0 spiro atoms. The van der Waals surface area contributed by atoms with E-state index in [0.717, 1.165) is 0 Å². The van der Waals surface area contributed by atoms with Gasteiger partial charge in [0.2, 0.25) is 0 Å². The summed E-state index contributed by atoms with van der Waals surface area (Å²) in [6.07, 6.45) is 0. The maximum atomic E-state index is 12.4. The quantitative estimate of drug-likeness (QED) is 0.578. The molecule has 3 aromatic rings. The molecule has 0 saturated carbocycles. The Balaban J connectivity index is 1.75. The SMILES string of the molecule is Cc1cc(OC(F)F)ccc1NC(=O)c1cc(-c2ccc(Cl)c(Cl)c2)n[nH]1. The fourth-order valence-corrected chi connectivity index (χ4v) is 2.68. The number of aromatic amines is 1. The Labute approximate surface area is 163 Å². The van der Waals surface area contributed by atoms with Gasteiger partial charge >= 0.3 is 6.61 Å². The number of aromatic nitrogens is 2. The number of benzene rings is 2. The number of amides is 1. The van der Waals surface area contributed by atoms with Crippen molar-refractivity contribution >= 4 is 34.8 Å². The lowest BCUT2D eigenvalue weighted by atomic mass is 10.1. The number of halogens is 4. The number of rotatable bonds is 5. The first-order valence-electron chi connectivity index (χ1n) is 7.71. The third-order valence-corrected chi connectivity index (χ3v) is 4.45. The van der Waals surface area contributed by atoms with Gasteiger partial charge in [-0.05, 0) is 48.9 Å². The van der Waals surface area contributed by atoms with Crippen LogP contribution in [0.1, 0.15) is 16.1 Å². The van der Waals surface area contributed by atoms with Crippen LogP contribution in [0.3, 0.4) is 0 Å². The first-order chi connectivity index (χ1) is 12.8. The largest absolute Gasteiger partial charge is 0.435 e. The first kappa shape index (κ1) is 19.1. The van der Waals surface area contributed by atoms with Crippen LogP contribution in [0.2, 0.25) is 10.0 Å². The fraction of sp³-hybridized carbons (Fsp3) is 0.111. The maximum Gasteiger partial charge on any atom is 0.387 e. The number of nitrogens with zero attached hydrogens (tertiary/aromatic N) is 1. The van der Waals surface area contributed by atoms with Crippen LogP contribution in [0.5, 0.6) is 5.75 Å². The molecule has 0 atom stereocenters. The molecule has 0 saturated heterocycles. The highest BCUT2D eigenvalue weighted by Gasteiger charge is 2.14. The molecule has 2 aromatic carbocycles. The number of alkyl halides is 2. The molecule has 0 aliphatic rings. The molecule has 1 amide bonds. The van der Waals surface area contributed by atoms with Crippen LogP contribution in [0.4, 0.5) is 14.5 Å². The van der Waals surface area contributed by atoms with Gasteiger partial charge in [0.15, 0.2) is 0 Å². The molecular weight excluding hydrogens is 399 g/mol. The molecule has 1 heterocycles. The molecule has 0 aliphatic heterocycles. The molecule has 0 bridgehead atoms. The number of ether oxygens (including phenoxy) is 1. The van der Waals surface area contributed by atoms with E-state index < -0.39 is 12.5 Å². The van der Waals surface area contributed by atoms with Gasteiger partial charge in [0.05, 0.1) is 15.7 Å².